The first-order valence-electron chi connectivity index (χ1n) is 10.2. The zero-order chi connectivity index (χ0) is 27.1. The van der Waals surface area contributed by atoms with Crippen molar-refractivity contribution in [2.45, 2.75) is 57.3 Å². The van der Waals surface area contributed by atoms with Gasteiger partial charge in [-0.15, -0.1) is 11.3 Å². The molecule has 2 fully saturated rings. The SMILES string of the molecule is CNC(=O)[C@@H]1C[C@H]2CN(Cc3nccs3)C[C@H]2N1C(C)C.O=C(O)C(F)(F)F.O=C(O)C(F)(F)F. The van der Waals surface area contributed by atoms with E-state index in [1.165, 1.54) is 5.01 Å². The first kappa shape index (κ1) is 30.6. The van der Waals surface area contributed by atoms with E-state index in [-0.39, 0.29) is 11.9 Å². The molecule has 0 unspecified atom stereocenters. The lowest BCUT2D eigenvalue weighted by Gasteiger charge is -2.33. The Morgan fingerprint density at radius 1 is 1.11 bits per heavy atom. The molecule has 3 N–H and O–H groups in total. The van der Waals surface area contributed by atoms with Gasteiger partial charge in [-0.05, 0) is 26.2 Å². The minimum absolute atomic E-state index is 0.0482. The molecule has 1 aromatic heterocycles. The molecule has 0 bridgehead atoms. The van der Waals surface area contributed by atoms with Crippen LogP contribution >= 0.6 is 11.3 Å². The molecule has 2 aliphatic heterocycles. The van der Waals surface area contributed by atoms with Crippen molar-refractivity contribution in [3.8, 4) is 0 Å². The second-order valence-electron chi connectivity index (χ2n) is 7.96. The molecule has 1 amide bonds. The summed E-state index contributed by atoms with van der Waals surface area (Å²) in [4.78, 5) is 39.2. The first-order chi connectivity index (χ1) is 16.0. The third-order valence-corrected chi connectivity index (χ3v) is 5.99. The molecule has 0 aromatic carbocycles. The smallest absolute Gasteiger partial charge is 0.475 e. The van der Waals surface area contributed by atoms with Crippen LogP contribution in [-0.2, 0) is 20.9 Å². The number of thiazole rings is 1. The fourth-order valence-electron chi connectivity index (χ4n) is 3.95. The van der Waals surface area contributed by atoms with E-state index in [0.29, 0.717) is 18.0 Å². The van der Waals surface area contributed by atoms with Crippen LogP contribution in [0.3, 0.4) is 0 Å². The molecule has 1 aromatic rings. The Morgan fingerprint density at radius 3 is 2.00 bits per heavy atom. The van der Waals surface area contributed by atoms with Gasteiger partial charge in [0, 0.05) is 43.8 Å². The Bertz CT molecular complexity index is 826. The minimum atomic E-state index is -5.08. The van der Waals surface area contributed by atoms with Crippen LogP contribution in [0.5, 0.6) is 0 Å². The van der Waals surface area contributed by atoms with E-state index < -0.39 is 24.3 Å². The number of carboxylic acids is 2. The van der Waals surface area contributed by atoms with Gasteiger partial charge in [-0.2, -0.15) is 26.3 Å². The molecule has 0 aliphatic carbocycles. The summed E-state index contributed by atoms with van der Waals surface area (Å²) >= 11 is 1.72. The number of likely N-dealkylation sites (N-methyl/N-ethyl adjacent to an activating group) is 1. The van der Waals surface area contributed by atoms with Crippen molar-refractivity contribution >= 4 is 29.2 Å². The minimum Gasteiger partial charge on any atom is -0.475 e. The number of carboxylic acid groups (broad SMARTS) is 2. The lowest BCUT2D eigenvalue weighted by atomic mass is 10.0. The van der Waals surface area contributed by atoms with Crippen molar-refractivity contribution in [1.29, 1.82) is 0 Å². The number of carbonyl (C=O) groups excluding carboxylic acids is 1. The number of fused-ring (bicyclic) bond motifs is 1. The molecule has 200 valence electrons. The van der Waals surface area contributed by atoms with Crippen LogP contribution in [0.25, 0.3) is 0 Å². The summed E-state index contributed by atoms with van der Waals surface area (Å²) in [5.41, 5.74) is 0. The summed E-state index contributed by atoms with van der Waals surface area (Å²) < 4.78 is 63.5. The van der Waals surface area contributed by atoms with E-state index in [0.717, 1.165) is 26.1 Å². The van der Waals surface area contributed by atoms with Gasteiger partial charge in [0.15, 0.2) is 0 Å². The maximum atomic E-state index is 12.1. The highest BCUT2D eigenvalue weighted by Gasteiger charge is 2.49. The van der Waals surface area contributed by atoms with E-state index in [9.17, 15) is 31.1 Å². The maximum Gasteiger partial charge on any atom is 0.490 e. The first-order valence-corrected chi connectivity index (χ1v) is 11.1. The molecule has 2 aliphatic rings. The molecule has 0 spiro atoms. The summed E-state index contributed by atoms with van der Waals surface area (Å²) in [6.07, 6.45) is -7.31. The number of hydrogen-bond acceptors (Lipinski definition) is 7. The predicted molar refractivity (Wildman–Crippen MR) is 111 cm³/mol. The van der Waals surface area contributed by atoms with Crippen molar-refractivity contribution in [3.63, 3.8) is 0 Å². The number of amides is 1. The summed E-state index contributed by atoms with van der Waals surface area (Å²) in [5, 5.41) is 20.3. The van der Waals surface area contributed by atoms with Crippen LogP contribution in [0.4, 0.5) is 26.3 Å². The van der Waals surface area contributed by atoms with Gasteiger partial charge in [0.05, 0.1) is 12.6 Å². The Balaban J connectivity index is 0.000000362. The third-order valence-electron chi connectivity index (χ3n) is 5.22. The van der Waals surface area contributed by atoms with E-state index >= 15 is 0 Å². The molecule has 9 nitrogen and oxygen atoms in total. The Hall–Kier alpha value is -2.46. The highest BCUT2D eigenvalue weighted by atomic mass is 32.1. The molecule has 0 radical (unpaired) electrons. The molecule has 3 heterocycles. The normalized spacial score (nSPS) is 22.5. The third kappa shape index (κ3) is 9.25. The second kappa shape index (κ2) is 12.5. The van der Waals surface area contributed by atoms with Gasteiger partial charge in [-0.1, -0.05) is 0 Å². The molecule has 0 saturated carbocycles. The van der Waals surface area contributed by atoms with Gasteiger partial charge in [0.25, 0.3) is 0 Å². The average Bonchev–Trinajstić information content (AvgIpc) is 3.43. The fraction of sp³-hybridized carbons (Fsp3) is 0.684. The van der Waals surface area contributed by atoms with Crippen molar-refractivity contribution < 1.29 is 50.9 Å². The Labute approximate surface area is 200 Å². The quantitative estimate of drug-likeness (QED) is 0.502. The van der Waals surface area contributed by atoms with Crippen molar-refractivity contribution in [3.05, 3.63) is 16.6 Å². The number of nitrogens with one attached hydrogen (secondary N) is 1. The summed E-state index contributed by atoms with van der Waals surface area (Å²) in [6, 6.07) is 0.960. The summed E-state index contributed by atoms with van der Waals surface area (Å²) in [6.45, 7) is 7.47. The maximum absolute atomic E-state index is 12.1. The van der Waals surface area contributed by atoms with Gasteiger partial charge in [0.2, 0.25) is 5.91 Å². The number of aromatic nitrogens is 1. The monoisotopic (exact) mass is 536 g/mol. The Morgan fingerprint density at radius 2 is 1.63 bits per heavy atom. The predicted octanol–water partition coefficient (Wildman–Crippen LogP) is 2.44. The second-order valence-corrected chi connectivity index (χ2v) is 8.94. The van der Waals surface area contributed by atoms with Gasteiger partial charge < -0.3 is 15.5 Å². The van der Waals surface area contributed by atoms with E-state index in [1.54, 1.807) is 18.4 Å². The van der Waals surface area contributed by atoms with E-state index in [4.69, 9.17) is 19.8 Å². The number of halogens is 6. The number of carbonyl (C=O) groups is 3. The molecule has 3 rings (SSSR count). The standard InChI is InChI=1S/C15H24N4OS.2C2HF3O2/c1-10(2)19-12(15(20)16-3)6-11-7-18(8-13(11)19)9-14-17-4-5-21-14;2*3-2(4,5)1(6)7/h4-5,10-13H,6-9H2,1-3H3,(H,16,20);2*(H,6,7)/t11-,12-,13+;;/m0../s1. The van der Waals surface area contributed by atoms with Gasteiger partial charge in [0.1, 0.15) is 5.01 Å². The van der Waals surface area contributed by atoms with Gasteiger partial charge in [-0.3, -0.25) is 14.6 Å². The average molecular weight is 536 g/mol. The van der Waals surface area contributed by atoms with Crippen LogP contribution in [0, 0.1) is 5.92 Å². The van der Waals surface area contributed by atoms with Crippen molar-refractivity contribution in [2.24, 2.45) is 5.92 Å². The van der Waals surface area contributed by atoms with Crippen molar-refractivity contribution in [2.75, 3.05) is 20.1 Å². The highest BCUT2D eigenvalue weighted by Crippen LogP contribution is 2.37. The number of likely N-dealkylation sites (tertiary alicyclic amines) is 2. The van der Waals surface area contributed by atoms with Crippen LogP contribution in [0.15, 0.2) is 11.6 Å². The van der Waals surface area contributed by atoms with Gasteiger partial charge >= 0.3 is 24.3 Å². The zero-order valence-electron chi connectivity index (χ0n) is 18.9. The van der Waals surface area contributed by atoms with E-state index in [1.807, 2.05) is 11.6 Å². The topological polar surface area (TPSA) is 123 Å². The number of nitrogens with zero attached hydrogens (tertiary/aromatic N) is 3. The Kier molecular flexibility index (Phi) is 10.9. The van der Waals surface area contributed by atoms with Crippen LogP contribution in [0.2, 0.25) is 0 Å². The molecule has 16 heteroatoms. The summed E-state index contributed by atoms with van der Waals surface area (Å²) in [5.74, 6) is -4.74. The number of rotatable bonds is 4. The van der Waals surface area contributed by atoms with Crippen molar-refractivity contribution in [1.82, 2.24) is 20.1 Å². The van der Waals surface area contributed by atoms with Crippen LogP contribution in [-0.4, -0.2) is 93.5 Å². The number of hydrogen-bond donors (Lipinski definition) is 3. The van der Waals surface area contributed by atoms with Gasteiger partial charge in [-0.25, -0.2) is 14.6 Å². The highest BCUT2D eigenvalue weighted by molar-refractivity contribution is 7.09. The largest absolute Gasteiger partial charge is 0.490 e. The molecule has 2 saturated heterocycles. The fourth-order valence-corrected chi connectivity index (χ4v) is 4.61. The lowest BCUT2D eigenvalue weighted by Crippen LogP contribution is -2.50. The number of aliphatic carboxylic acids is 2. The molecular weight excluding hydrogens is 510 g/mol. The molecule has 3 atom stereocenters. The molecule has 35 heavy (non-hydrogen) atoms. The number of alkyl halides is 6. The zero-order valence-corrected chi connectivity index (χ0v) is 19.7. The lowest BCUT2D eigenvalue weighted by molar-refractivity contribution is -0.193. The summed E-state index contributed by atoms with van der Waals surface area (Å²) in [7, 11) is 1.74. The van der Waals surface area contributed by atoms with Crippen LogP contribution < -0.4 is 5.32 Å². The van der Waals surface area contributed by atoms with Crippen LogP contribution in [0.1, 0.15) is 25.3 Å². The molecular formula is C19H26F6N4O5S. The van der Waals surface area contributed by atoms with E-state index in [2.05, 4.69) is 33.9 Å².